The molecule has 1 aliphatic carbocycles. The normalized spacial score (nSPS) is 16.2. The van der Waals surface area contributed by atoms with Crippen LogP contribution in [0.15, 0.2) is 6.20 Å². The van der Waals surface area contributed by atoms with Gasteiger partial charge in [-0.25, -0.2) is 14.4 Å². The standard InChI is InChI=1S/C12H18FN3/c1-12(2,3)11-15-7-9(13)10(16-11)14-6-8-4-5-8/h7-8H,4-6H2,1-3H3,(H,14,15,16). The topological polar surface area (TPSA) is 37.8 Å². The molecule has 3 nitrogen and oxygen atoms in total. The Labute approximate surface area is 95.5 Å². The lowest BCUT2D eigenvalue weighted by Crippen LogP contribution is -2.18. The zero-order chi connectivity index (χ0) is 11.8. The second-order valence-corrected chi connectivity index (χ2v) is 5.46. The van der Waals surface area contributed by atoms with Gasteiger partial charge in [0.2, 0.25) is 0 Å². The Kier molecular flexibility index (Phi) is 2.82. The van der Waals surface area contributed by atoms with Gasteiger partial charge in [-0.1, -0.05) is 20.8 Å². The second kappa shape index (κ2) is 4.00. The third-order valence-electron chi connectivity index (χ3n) is 2.67. The molecular formula is C12H18FN3. The Morgan fingerprint density at radius 2 is 2.12 bits per heavy atom. The van der Waals surface area contributed by atoms with Crippen molar-refractivity contribution in [1.82, 2.24) is 9.97 Å². The van der Waals surface area contributed by atoms with E-state index in [1.807, 2.05) is 20.8 Å². The summed E-state index contributed by atoms with van der Waals surface area (Å²) in [7, 11) is 0. The summed E-state index contributed by atoms with van der Waals surface area (Å²) in [4.78, 5) is 8.27. The van der Waals surface area contributed by atoms with Crippen molar-refractivity contribution in [3.63, 3.8) is 0 Å². The fourth-order valence-corrected chi connectivity index (χ4v) is 1.42. The molecule has 88 valence electrons. The second-order valence-electron chi connectivity index (χ2n) is 5.46. The van der Waals surface area contributed by atoms with Crippen molar-refractivity contribution < 1.29 is 4.39 Å². The van der Waals surface area contributed by atoms with Gasteiger partial charge in [0.05, 0.1) is 6.20 Å². The number of rotatable bonds is 3. The quantitative estimate of drug-likeness (QED) is 0.856. The Bertz CT molecular complexity index is 380. The van der Waals surface area contributed by atoms with E-state index in [2.05, 4.69) is 15.3 Å². The van der Waals surface area contributed by atoms with Crippen molar-refractivity contribution in [2.24, 2.45) is 5.92 Å². The first kappa shape index (κ1) is 11.3. The highest BCUT2D eigenvalue weighted by Crippen LogP contribution is 2.29. The number of anilines is 1. The molecule has 0 bridgehead atoms. The molecular weight excluding hydrogens is 205 g/mol. The molecule has 0 unspecified atom stereocenters. The monoisotopic (exact) mass is 223 g/mol. The molecule has 0 spiro atoms. The van der Waals surface area contributed by atoms with Crippen molar-refractivity contribution in [2.75, 3.05) is 11.9 Å². The van der Waals surface area contributed by atoms with E-state index < -0.39 is 0 Å². The summed E-state index contributed by atoms with van der Waals surface area (Å²) in [5.41, 5.74) is -0.149. The highest BCUT2D eigenvalue weighted by Gasteiger charge is 2.23. The van der Waals surface area contributed by atoms with E-state index in [-0.39, 0.29) is 11.2 Å². The molecule has 1 heterocycles. The molecule has 4 heteroatoms. The van der Waals surface area contributed by atoms with Gasteiger partial charge in [0, 0.05) is 12.0 Å². The highest BCUT2D eigenvalue weighted by molar-refractivity contribution is 5.36. The molecule has 2 rings (SSSR count). The van der Waals surface area contributed by atoms with Crippen LogP contribution in [0.5, 0.6) is 0 Å². The van der Waals surface area contributed by atoms with E-state index >= 15 is 0 Å². The van der Waals surface area contributed by atoms with Gasteiger partial charge in [-0.15, -0.1) is 0 Å². The number of nitrogens with zero attached hydrogens (tertiary/aromatic N) is 2. The first-order chi connectivity index (χ1) is 7.47. The Balaban J connectivity index is 2.14. The predicted octanol–water partition coefficient (Wildman–Crippen LogP) is 2.74. The lowest BCUT2D eigenvalue weighted by Gasteiger charge is -2.17. The van der Waals surface area contributed by atoms with Crippen LogP contribution in [-0.4, -0.2) is 16.5 Å². The Morgan fingerprint density at radius 1 is 1.44 bits per heavy atom. The fourth-order valence-electron chi connectivity index (χ4n) is 1.42. The number of hydrogen-bond acceptors (Lipinski definition) is 3. The maximum Gasteiger partial charge on any atom is 0.183 e. The molecule has 1 aromatic heterocycles. The van der Waals surface area contributed by atoms with E-state index in [1.54, 1.807) is 0 Å². The average molecular weight is 223 g/mol. The van der Waals surface area contributed by atoms with E-state index in [4.69, 9.17) is 0 Å². The van der Waals surface area contributed by atoms with E-state index in [9.17, 15) is 4.39 Å². The maximum atomic E-state index is 13.4. The SMILES string of the molecule is CC(C)(C)c1ncc(F)c(NCC2CC2)n1. The zero-order valence-electron chi connectivity index (χ0n) is 10.0. The van der Waals surface area contributed by atoms with Crippen LogP contribution in [0.25, 0.3) is 0 Å². The fraction of sp³-hybridized carbons (Fsp3) is 0.667. The molecule has 1 N–H and O–H groups in total. The minimum atomic E-state index is -0.367. The van der Waals surface area contributed by atoms with Gasteiger partial charge in [0.1, 0.15) is 5.82 Å². The van der Waals surface area contributed by atoms with Gasteiger partial charge in [0.15, 0.2) is 11.6 Å². The van der Waals surface area contributed by atoms with E-state index in [0.29, 0.717) is 17.6 Å². The molecule has 1 aliphatic rings. The summed E-state index contributed by atoms with van der Waals surface area (Å²) in [6, 6.07) is 0. The van der Waals surface area contributed by atoms with Crippen LogP contribution in [0.4, 0.5) is 10.2 Å². The predicted molar refractivity (Wildman–Crippen MR) is 61.9 cm³/mol. The molecule has 0 aliphatic heterocycles. The van der Waals surface area contributed by atoms with Crippen molar-refractivity contribution in [2.45, 2.75) is 39.0 Å². The molecule has 0 atom stereocenters. The maximum absolute atomic E-state index is 13.4. The van der Waals surface area contributed by atoms with Gasteiger partial charge < -0.3 is 5.32 Å². The third kappa shape index (κ3) is 2.68. The van der Waals surface area contributed by atoms with Gasteiger partial charge in [0.25, 0.3) is 0 Å². The van der Waals surface area contributed by atoms with Crippen molar-refractivity contribution in [1.29, 1.82) is 0 Å². The van der Waals surface area contributed by atoms with Crippen LogP contribution in [0.1, 0.15) is 39.4 Å². The van der Waals surface area contributed by atoms with Crippen LogP contribution in [-0.2, 0) is 5.41 Å². The molecule has 0 aromatic carbocycles. The lowest BCUT2D eigenvalue weighted by molar-refractivity contribution is 0.532. The molecule has 1 saturated carbocycles. The summed E-state index contributed by atoms with van der Waals surface area (Å²) in [6.07, 6.45) is 3.74. The number of nitrogens with one attached hydrogen (secondary N) is 1. The van der Waals surface area contributed by atoms with Crippen LogP contribution in [0.3, 0.4) is 0 Å². The smallest absolute Gasteiger partial charge is 0.183 e. The lowest BCUT2D eigenvalue weighted by atomic mass is 9.96. The van der Waals surface area contributed by atoms with Gasteiger partial charge >= 0.3 is 0 Å². The first-order valence-electron chi connectivity index (χ1n) is 5.73. The van der Waals surface area contributed by atoms with Crippen LogP contribution >= 0.6 is 0 Å². The zero-order valence-corrected chi connectivity index (χ0v) is 10.0. The van der Waals surface area contributed by atoms with Gasteiger partial charge in [-0.2, -0.15) is 0 Å². The molecule has 0 amide bonds. The first-order valence-corrected chi connectivity index (χ1v) is 5.73. The van der Waals surface area contributed by atoms with Gasteiger partial charge in [-0.3, -0.25) is 0 Å². The third-order valence-corrected chi connectivity index (χ3v) is 2.67. The van der Waals surface area contributed by atoms with Crippen LogP contribution in [0.2, 0.25) is 0 Å². The Morgan fingerprint density at radius 3 is 2.69 bits per heavy atom. The summed E-state index contributed by atoms with van der Waals surface area (Å²) in [5.74, 6) is 1.35. The van der Waals surface area contributed by atoms with Crippen molar-refractivity contribution >= 4 is 5.82 Å². The number of hydrogen-bond donors (Lipinski definition) is 1. The molecule has 0 radical (unpaired) electrons. The van der Waals surface area contributed by atoms with E-state index in [1.165, 1.54) is 19.0 Å². The average Bonchev–Trinajstić information content (AvgIpc) is 2.98. The van der Waals surface area contributed by atoms with E-state index in [0.717, 1.165) is 6.54 Å². The summed E-state index contributed by atoms with van der Waals surface area (Å²) < 4.78 is 13.4. The summed E-state index contributed by atoms with van der Waals surface area (Å²) in [6.45, 7) is 6.87. The van der Waals surface area contributed by atoms with Crippen LogP contribution < -0.4 is 5.32 Å². The number of halogens is 1. The molecule has 1 aromatic rings. The van der Waals surface area contributed by atoms with Crippen LogP contribution in [0, 0.1) is 11.7 Å². The largest absolute Gasteiger partial charge is 0.367 e. The summed E-state index contributed by atoms with van der Waals surface area (Å²) >= 11 is 0. The number of aromatic nitrogens is 2. The van der Waals surface area contributed by atoms with Crippen molar-refractivity contribution in [3.05, 3.63) is 17.8 Å². The summed E-state index contributed by atoms with van der Waals surface area (Å²) in [5, 5.41) is 3.06. The minimum absolute atomic E-state index is 0.149. The highest BCUT2D eigenvalue weighted by atomic mass is 19.1. The van der Waals surface area contributed by atoms with Gasteiger partial charge in [-0.05, 0) is 18.8 Å². The van der Waals surface area contributed by atoms with Crippen molar-refractivity contribution in [3.8, 4) is 0 Å². The molecule has 0 saturated heterocycles. The Hall–Kier alpha value is -1.19. The minimum Gasteiger partial charge on any atom is -0.367 e. The molecule has 1 fully saturated rings. The molecule has 16 heavy (non-hydrogen) atoms.